The van der Waals surface area contributed by atoms with Crippen molar-refractivity contribution >= 4 is 29.1 Å². The predicted molar refractivity (Wildman–Crippen MR) is 115 cm³/mol. The minimum Gasteiger partial charge on any atom is -0.507 e. The van der Waals surface area contributed by atoms with Gasteiger partial charge in [0.25, 0.3) is 11.7 Å². The van der Waals surface area contributed by atoms with Crippen LogP contribution in [0.5, 0.6) is 5.75 Å². The van der Waals surface area contributed by atoms with Crippen LogP contribution >= 0.6 is 11.6 Å². The number of carbonyl (C=O) groups is 2. The first kappa shape index (κ1) is 22.8. The maximum absolute atomic E-state index is 14.7. The normalized spacial score (nSPS) is 17.9. The summed E-state index contributed by atoms with van der Waals surface area (Å²) in [5.41, 5.74) is 0.0182. The standard InChI is InChI=1S/C23H23ClFNO5/c1-3-31-14-9-10-17(24)16(13-14)21(27)19-20(15-7-4-5-8-18(15)25)26(11-6-12-30-2)23(29)22(19)28/h4-5,7-10,13,20,27H,3,6,11-12H2,1-2H3/b21-19+. The van der Waals surface area contributed by atoms with Gasteiger partial charge in [-0.1, -0.05) is 29.8 Å². The van der Waals surface area contributed by atoms with Crippen LogP contribution in [0, 0.1) is 5.82 Å². The summed E-state index contributed by atoms with van der Waals surface area (Å²) in [6.07, 6.45) is 0.440. The Morgan fingerprint density at radius 1 is 1.23 bits per heavy atom. The third-order valence-corrected chi connectivity index (χ3v) is 5.32. The largest absolute Gasteiger partial charge is 0.507 e. The fraction of sp³-hybridized carbons (Fsp3) is 0.304. The second kappa shape index (κ2) is 9.94. The quantitative estimate of drug-likeness (QED) is 0.282. The monoisotopic (exact) mass is 447 g/mol. The Hall–Kier alpha value is -2.90. The number of ketones is 1. The maximum atomic E-state index is 14.7. The number of likely N-dealkylation sites (tertiary alicyclic amines) is 1. The Bertz CT molecular complexity index is 1020. The topological polar surface area (TPSA) is 76.1 Å². The Kier molecular flexibility index (Phi) is 7.30. The molecule has 3 rings (SSSR count). The molecule has 164 valence electrons. The summed E-state index contributed by atoms with van der Waals surface area (Å²) in [5, 5.41) is 11.3. The lowest BCUT2D eigenvalue weighted by molar-refractivity contribution is -0.140. The Morgan fingerprint density at radius 3 is 2.65 bits per heavy atom. The minimum atomic E-state index is -1.09. The highest BCUT2D eigenvalue weighted by atomic mass is 35.5. The Morgan fingerprint density at radius 2 is 1.97 bits per heavy atom. The van der Waals surface area contributed by atoms with Crippen molar-refractivity contribution in [3.63, 3.8) is 0 Å². The van der Waals surface area contributed by atoms with Gasteiger partial charge in [-0.3, -0.25) is 9.59 Å². The summed E-state index contributed by atoms with van der Waals surface area (Å²) < 4.78 is 25.2. The van der Waals surface area contributed by atoms with Gasteiger partial charge in [0.1, 0.15) is 17.3 Å². The number of hydrogen-bond donors (Lipinski definition) is 1. The number of Topliss-reactive ketones (excluding diaryl/α,β-unsaturated/α-hetero) is 1. The van der Waals surface area contributed by atoms with E-state index in [9.17, 15) is 19.1 Å². The molecule has 0 aromatic heterocycles. The van der Waals surface area contributed by atoms with Crippen LogP contribution in [0.3, 0.4) is 0 Å². The first-order valence-corrected chi connectivity index (χ1v) is 10.2. The molecule has 8 heteroatoms. The molecule has 0 radical (unpaired) electrons. The zero-order valence-corrected chi connectivity index (χ0v) is 18.0. The van der Waals surface area contributed by atoms with Crippen molar-refractivity contribution in [2.24, 2.45) is 0 Å². The second-order valence-electron chi connectivity index (χ2n) is 6.94. The van der Waals surface area contributed by atoms with E-state index in [0.29, 0.717) is 25.4 Å². The van der Waals surface area contributed by atoms with E-state index in [4.69, 9.17) is 21.1 Å². The highest BCUT2D eigenvalue weighted by Crippen LogP contribution is 2.41. The van der Waals surface area contributed by atoms with Crippen LogP contribution in [-0.2, 0) is 14.3 Å². The summed E-state index contributed by atoms with van der Waals surface area (Å²) in [5.74, 6) is -2.35. The smallest absolute Gasteiger partial charge is 0.295 e. The van der Waals surface area contributed by atoms with Crippen molar-refractivity contribution in [2.45, 2.75) is 19.4 Å². The molecule has 0 spiro atoms. The molecule has 2 aromatic carbocycles. The number of nitrogens with zero attached hydrogens (tertiary/aromatic N) is 1. The fourth-order valence-electron chi connectivity index (χ4n) is 3.60. The average molecular weight is 448 g/mol. The zero-order chi connectivity index (χ0) is 22.5. The van der Waals surface area contributed by atoms with Gasteiger partial charge in [0.2, 0.25) is 0 Å². The van der Waals surface area contributed by atoms with Crippen LogP contribution in [0.1, 0.15) is 30.5 Å². The lowest BCUT2D eigenvalue weighted by Crippen LogP contribution is -2.31. The number of aliphatic hydroxyl groups is 1. The molecule has 1 aliphatic heterocycles. The third-order valence-electron chi connectivity index (χ3n) is 4.99. The van der Waals surface area contributed by atoms with E-state index in [1.807, 2.05) is 0 Å². The predicted octanol–water partition coefficient (Wildman–Crippen LogP) is 4.34. The van der Waals surface area contributed by atoms with E-state index in [-0.39, 0.29) is 28.3 Å². The van der Waals surface area contributed by atoms with Crippen LogP contribution in [-0.4, -0.2) is 48.6 Å². The van der Waals surface area contributed by atoms with Crippen LogP contribution in [0.25, 0.3) is 5.76 Å². The van der Waals surface area contributed by atoms with E-state index in [0.717, 1.165) is 0 Å². The molecule has 0 saturated carbocycles. The van der Waals surface area contributed by atoms with Crippen molar-refractivity contribution in [1.29, 1.82) is 0 Å². The number of methoxy groups -OCH3 is 1. The van der Waals surface area contributed by atoms with Crippen molar-refractivity contribution < 1.29 is 28.6 Å². The summed E-state index contributed by atoms with van der Waals surface area (Å²) >= 11 is 6.27. The van der Waals surface area contributed by atoms with Gasteiger partial charge in [-0.25, -0.2) is 4.39 Å². The molecule has 1 saturated heterocycles. The molecule has 1 heterocycles. The van der Waals surface area contributed by atoms with E-state index >= 15 is 0 Å². The summed E-state index contributed by atoms with van der Waals surface area (Å²) in [4.78, 5) is 27.0. The summed E-state index contributed by atoms with van der Waals surface area (Å²) in [7, 11) is 1.52. The SMILES string of the molecule is CCOc1ccc(Cl)c(/C(O)=C2\C(=O)C(=O)N(CCCOC)C2c2ccccc2F)c1. The van der Waals surface area contributed by atoms with Crippen molar-refractivity contribution in [2.75, 3.05) is 26.9 Å². The van der Waals surface area contributed by atoms with E-state index in [2.05, 4.69) is 0 Å². The number of ether oxygens (including phenoxy) is 2. The summed E-state index contributed by atoms with van der Waals surface area (Å²) in [6.45, 7) is 2.70. The van der Waals surface area contributed by atoms with Gasteiger partial charge in [0.05, 0.1) is 23.2 Å². The van der Waals surface area contributed by atoms with Crippen LogP contribution in [0.15, 0.2) is 48.0 Å². The van der Waals surface area contributed by atoms with Gasteiger partial charge >= 0.3 is 0 Å². The lowest BCUT2D eigenvalue weighted by atomic mass is 9.94. The van der Waals surface area contributed by atoms with Crippen LogP contribution in [0.4, 0.5) is 4.39 Å². The molecule has 1 aliphatic rings. The molecular weight excluding hydrogens is 425 g/mol. The lowest BCUT2D eigenvalue weighted by Gasteiger charge is -2.25. The molecule has 1 atom stereocenters. The summed E-state index contributed by atoms with van der Waals surface area (Å²) in [6, 6.07) is 9.39. The first-order valence-electron chi connectivity index (χ1n) is 9.85. The number of halogens is 2. The highest BCUT2D eigenvalue weighted by molar-refractivity contribution is 6.47. The number of hydrogen-bond acceptors (Lipinski definition) is 5. The highest BCUT2D eigenvalue weighted by Gasteiger charge is 2.46. The van der Waals surface area contributed by atoms with E-state index < -0.39 is 29.3 Å². The van der Waals surface area contributed by atoms with Crippen LogP contribution in [0.2, 0.25) is 5.02 Å². The van der Waals surface area contributed by atoms with Gasteiger partial charge in [-0.15, -0.1) is 0 Å². The van der Waals surface area contributed by atoms with Gasteiger partial charge in [-0.2, -0.15) is 0 Å². The number of amides is 1. The van der Waals surface area contributed by atoms with Gasteiger partial charge in [-0.05, 0) is 37.6 Å². The molecule has 2 aromatic rings. The van der Waals surface area contributed by atoms with Crippen molar-refractivity contribution in [3.05, 3.63) is 70.0 Å². The fourth-order valence-corrected chi connectivity index (χ4v) is 3.80. The number of aliphatic hydroxyl groups excluding tert-OH is 1. The zero-order valence-electron chi connectivity index (χ0n) is 17.2. The van der Waals surface area contributed by atoms with Gasteiger partial charge < -0.3 is 19.5 Å². The molecule has 1 N–H and O–H groups in total. The number of benzene rings is 2. The van der Waals surface area contributed by atoms with Crippen molar-refractivity contribution in [3.8, 4) is 5.75 Å². The molecule has 1 amide bonds. The molecule has 0 bridgehead atoms. The average Bonchev–Trinajstić information content (AvgIpc) is 3.00. The third kappa shape index (κ3) is 4.57. The molecule has 0 aliphatic carbocycles. The van der Waals surface area contributed by atoms with Gasteiger partial charge in [0.15, 0.2) is 0 Å². The Balaban J connectivity index is 2.18. The maximum Gasteiger partial charge on any atom is 0.295 e. The molecule has 1 unspecified atom stereocenters. The second-order valence-corrected chi connectivity index (χ2v) is 7.34. The van der Waals surface area contributed by atoms with Gasteiger partial charge in [0, 0.05) is 31.4 Å². The molecule has 6 nitrogen and oxygen atoms in total. The van der Waals surface area contributed by atoms with Crippen LogP contribution < -0.4 is 4.74 Å². The minimum absolute atomic E-state index is 0.109. The first-order chi connectivity index (χ1) is 14.9. The van der Waals surface area contributed by atoms with E-state index in [1.165, 1.54) is 42.3 Å². The molecule has 31 heavy (non-hydrogen) atoms. The number of rotatable bonds is 8. The van der Waals surface area contributed by atoms with E-state index in [1.54, 1.807) is 19.1 Å². The Labute approximate surface area is 184 Å². The number of carbonyl (C=O) groups excluding carboxylic acids is 2. The molecule has 1 fully saturated rings. The van der Waals surface area contributed by atoms with Crippen molar-refractivity contribution in [1.82, 2.24) is 4.90 Å². The molecular formula is C23H23ClFNO5.